The Labute approximate surface area is 144 Å². The summed E-state index contributed by atoms with van der Waals surface area (Å²) in [6, 6.07) is 10.4. The first kappa shape index (κ1) is 15.4. The number of nitrogens with one attached hydrogen (secondary N) is 1. The van der Waals surface area contributed by atoms with Crippen LogP contribution < -0.4 is 5.32 Å². The molecular formula is C17H19N5OS. The van der Waals surface area contributed by atoms with E-state index < -0.39 is 0 Å². The molecule has 1 atom stereocenters. The fourth-order valence-electron chi connectivity index (χ4n) is 2.83. The lowest BCUT2D eigenvalue weighted by Crippen LogP contribution is -2.44. The van der Waals surface area contributed by atoms with Crippen LogP contribution in [0.2, 0.25) is 0 Å². The number of rotatable bonds is 4. The molecule has 1 aromatic carbocycles. The molecule has 2 aromatic heterocycles. The molecule has 4 rings (SSSR count). The molecule has 1 aliphatic rings. The molecule has 1 fully saturated rings. The molecule has 6 nitrogen and oxygen atoms in total. The van der Waals surface area contributed by atoms with Crippen LogP contribution in [0.15, 0.2) is 40.2 Å². The molecule has 3 heterocycles. The van der Waals surface area contributed by atoms with Crippen LogP contribution in [0.1, 0.15) is 23.5 Å². The maximum atomic E-state index is 5.43. The minimum Gasteiger partial charge on any atom is -0.339 e. The highest BCUT2D eigenvalue weighted by atomic mass is 32.1. The summed E-state index contributed by atoms with van der Waals surface area (Å²) in [5, 5.41) is 10.6. The fourth-order valence-corrected chi connectivity index (χ4v) is 3.65. The minimum absolute atomic E-state index is 0.173. The smallest absolute Gasteiger partial charge is 0.232 e. The molecule has 7 heteroatoms. The lowest BCUT2D eigenvalue weighted by molar-refractivity contribution is 0.190. The van der Waals surface area contributed by atoms with E-state index in [1.165, 1.54) is 0 Å². The van der Waals surface area contributed by atoms with Gasteiger partial charge in [-0.3, -0.25) is 4.90 Å². The molecular weight excluding hydrogens is 322 g/mol. The number of likely N-dealkylation sites (N-methyl/N-ethyl adjacent to an activating group) is 1. The van der Waals surface area contributed by atoms with E-state index >= 15 is 0 Å². The van der Waals surface area contributed by atoms with Crippen molar-refractivity contribution in [2.24, 2.45) is 0 Å². The van der Waals surface area contributed by atoms with Crippen molar-refractivity contribution in [2.45, 2.75) is 12.5 Å². The number of hydrogen-bond acceptors (Lipinski definition) is 7. The van der Waals surface area contributed by atoms with Crippen molar-refractivity contribution in [2.75, 3.05) is 26.7 Å². The zero-order valence-electron chi connectivity index (χ0n) is 13.5. The second kappa shape index (κ2) is 6.80. The fraction of sp³-hybridized carbons (Fsp3) is 0.353. The van der Waals surface area contributed by atoms with Crippen LogP contribution in [0.5, 0.6) is 0 Å². The Morgan fingerprint density at radius 2 is 2.17 bits per heavy atom. The van der Waals surface area contributed by atoms with Crippen LogP contribution >= 0.6 is 11.3 Å². The van der Waals surface area contributed by atoms with Gasteiger partial charge < -0.3 is 9.84 Å². The number of nitrogens with zero attached hydrogens (tertiary/aromatic N) is 4. The Kier molecular flexibility index (Phi) is 4.38. The Morgan fingerprint density at radius 1 is 1.29 bits per heavy atom. The van der Waals surface area contributed by atoms with Crippen LogP contribution in [0.4, 0.5) is 0 Å². The van der Waals surface area contributed by atoms with Gasteiger partial charge in [0.1, 0.15) is 5.01 Å². The molecule has 0 radical (unpaired) electrons. The third-order valence-corrected chi connectivity index (χ3v) is 5.14. The van der Waals surface area contributed by atoms with E-state index in [2.05, 4.69) is 49.9 Å². The summed E-state index contributed by atoms with van der Waals surface area (Å²) in [7, 11) is 2.09. The van der Waals surface area contributed by atoms with Gasteiger partial charge in [-0.05, 0) is 7.05 Å². The van der Waals surface area contributed by atoms with E-state index in [0.29, 0.717) is 12.3 Å². The summed E-state index contributed by atoms with van der Waals surface area (Å²) in [4.78, 5) is 11.5. The predicted molar refractivity (Wildman–Crippen MR) is 92.9 cm³/mol. The predicted octanol–water partition coefficient (Wildman–Crippen LogP) is 2.36. The Morgan fingerprint density at radius 3 is 3.00 bits per heavy atom. The zero-order chi connectivity index (χ0) is 16.4. The van der Waals surface area contributed by atoms with Crippen molar-refractivity contribution < 1.29 is 4.52 Å². The standard InChI is InChI=1S/C17H19N5OS/c1-22-8-7-18-10-14(22)16-20-15(23-21-16)9-13-11-24-17(19-13)12-5-3-2-4-6-12/h2-6,11,14,18H,7-10H2,1H3. The number of thiazole rings is 1. The molecule has 1 N–H and O–H groups in total. The summed E-state index contributed by atoms with van der Waals surface area (Å²) in [6.45, 7) is 2.84. The van der Waals surface area contributed by atoms with Crippen molar-refractivity contribution in [1.82, 2.24) is 25.3 Å². The van der Waals surface area contributed by atoms with Crippen molar-refractivity contribution in [3.63, 3.8) is 0 Å². The van der Waals surface area contributed by atoms with E-state index in [4.69, 9.17) is 4.52 Å². The molecule has 0 aliphatic carbocycles. The Balaban J connectivity index is 1.47. The minimum atomic E-state index is 0.173. The summed E-state index contributed by atoms with van der Waals surface area (Å²) < 4.78 is 5.43. The lowest BCUT2D eigenvalue weighted by atomic mass is 10.2. The maximum Gasteiger partial charge on any atom is 0.232 e. The van der Waals surface area contributed by atoms with E-state index in [-0.39, 0.29) is 6.04 Å². The lowest BCUT2D eigenvalue weighted by Gasteiger charge is -2.30. The summed E-state index contributed by atoms with van der Waals surface area (Å²) in [6.07, 6.45) is 0.570. The average Bonchev–Trinajstić information content (AvgIpc) is 3.26. The van der Waals surface area contributed by atoms with E-state index in [0.717, 1.165) is 41.7 Å². The molecule has 0 bridgehead atoms. The molecule has 1 unspecified atom stereocenters. The van der Waals surface area contributed by atoms with E-state index in [1.807, 2.05) is 18.2 Å². The normalized spacial score (nSPS) is 18.8. The van der Waals surface area contributed by atoms with E-state index in [9.17, 15) is 0 Å². The van der Waals surface area contributed by atoms with Crippen molar-refractivity contribution in [3.8, 4) is 10.6 Å². The molecule has 1 aliphatic heterocycles. The monoisotopic (exact) mass is 341 g/mol. The summed E-state index contributed by atoms with van der Waals surface area (Å²) >= 11 is 1.64. The first-order chi connectivity index (χ1) is 11.8. The van der Waals surface area contributed by atoms with Crippen molar-refractivity contribution in [3.05, 3.63) is 53.1 Å². The first-order valence-corrected chi connectivity index (χ1v) is 8.91. The molecule has 0 saturated carbocycles. The second-order valence-corrected chi connectivity index (χ2v) is 6.79. The van der Waals surface area contributed by atoms with Gasteiger partial charge in [0.05, 0.1) is 18.2 Å². The highest BCUT2D eigenvalue weighted by Gasteiger charge is 2.25. The number of hydrogen-bond donors (Lipinski definition) is 1. The number of aromatic nitrogens is 3. The van der Waals surface area contributed by atoms with Crippen LogP contribution in [-0.2, 0) is 6.42 Å². The Bertz CT molecular complexity index is 800. The van der Waals surface area contributed by atoms with Gasteiger partial charge in [0.15, 0.2) is 5.82 Å². The highest BCUT2D eigenvalue weighted by Crippen LogP contribution is 2.24. The van der Waals surface area contributed by atoms with Crippen LogP contribution in [-0.4, -0.2) is 46.7 Å². The third kappa shape index (κ3) is 3.24. The molecule has 0 spiro atoms. The second-order valence-electron chi connectivity index (χ2n) is 5.93. The summed E-state index contributed by atoms with van der Waals surface area (Å²) in [5.74, 6) is 1.37. The van der Waals surface area contributed by atoms with Gasteiger partial charge in [-0.15, -0.1) is 11.3 Å². The average molecular weight is 341 g/mol. The molecule has 124 valence electrons. The van der Waals surface area contributed by atoms with Gasteiger partial charge in [-0.2, -0.15) is 4.98 Å². The van der Waals surface area contributed by atoms with E-state index in [1.54, 1.807) is 11.3 Å². The third-order valence-electron chi connectivity index (χ3n) is 4.20. The molecule has 3 aromatic rings. The molecule has 24 heavy (non-hydrogen) atoms. The van der Waals surface area contributed by atoms with Gasteiger partial charge in [-0.1, -0.05) is 35.5 Å². The number of piperazine rings is 1. The van der Waals surface area contributed by atoms with Gasteiger partial charge >= 0.3 is 0 Å². The number of benzene rings is 1. The zero-order valence-corrected chi connectivity index (χ0v) is 14.3. The van der Waals surface area contributed by atoms with Crippen molar-refractivity contribution in [1.29, 1.82) is 0 Å². The van der Waals surface area contributed by atoms with Gasteiger partial charge in [0.25, 0.3) is 0 Å². The highest BCUT2D eigenvalue weighted by molar-refractivity contribution is 7.13. The topological polar surface area (TPSA) is 67.1 Å². The summed E-state index contributed by atoms with van der Waals surface area (Å²) in [5.41, 5.74) is 2.10. The van der Waals surface area contributed by atoms with Crippen LogP contribution in [0.25, 0.3) is 10.6 Å². The maximum absolute atomic E-state index is 5.43. The van der Waals surface area contributed by atoms with Crippen LogP contribution in [0.3, 0.4) is 0 Å². The molecule has 1 saturated heterocycles. The molecule has 0 amide bonds. The largest absolute Gasteiger partial charge is 0.339 e. The SMILES string of the molecule is CN1CCNCC1c1noc(Cc2csc(-c3ccccc3)n2)n1. The van der Waals surface area contributed by atoms with Crippen LogP contribution in [0, 0.1) is 0 Å². The van der Waals surface area contributed by atoms with Crippen molar-refractivity contribution >= 4 is 11.3 Å². The van der Waals surface area contributed by atoms with Gasteiger partial charge in [0, 0.05) is 30.6 Å². The Hall–Kier alpha value is -2.09. The quantitative estimate of drug-likeness (QED) is 0.786. The van der Waals surface area contributed by atoms with Gasteiger partial charge in [0.2, 0.25) is 5.89 Å². The first-order valence-electron chi connectivity index (χ1n) is 8.03. The van der Waals surface area contributed by atoms with Gasteiger partial charge in [-0.25, -0.2) is 4.98 Å².